The first-order valence-corrected chi connectivity index (χ1v) is 8.12. The first kappa shape index (κ1) is 15.8. The topological polar surface area (TPSA) is 53.4 Å². The standard InChI is InChI=1S/C16H20N2O2S/c1-3-18(4-2)9-10-21-15-12-7-5-6-8-14(12)17-11-13(15)16(19)20/h5-8,11H,3-4,9-10H2,1-2H3,(H,19,20). The molecule has 21 heavy (non-hydrogen) atoms. The van der Waals surface area contributed by atoms with E-state index in [1.165, 1.54) is 6.20 Å². The van der Waals surface area contributed by atoms with E-state index in [0.29, 0.717) is 5.56 Å². The molecule has 2 rings (SSSR count). The molecule has 5 heteroatoms. The van der Waals surface area contributed by atoms with Gasteiger partial charge in [-0.15, -0.1) is 11.8 Å². The lowest BCUT2D eigenvalue weighted by Crippen LogP contribution is -2.25. The van der Waals surface area contributed by atoms with Crippen molar-refractivity contribution in [3.8, 4) is 0 Å². The number of aromatic carboxylic acids is 1. The Kier molecular flexibility index (Phi) is 5.59. The smallest absolute Gasteiger partial charge is 0.338 e. The van der Waals surface area contributed by atoms with E-state index in [9.17, 15) is 9.90 Å². The molecular weight excluding hydrogens is 284 g/mol. The normalized spacial score (nSPS) is 11.2. The van der Waals surface area contributed by atoms with Gasteiger partial charge in [0.2, 0.25) is 0 Å². The number of fused-ring (bicyclic) bond motifs is 1. The summed E-state index contributed by atoms with van der Waals surface area (Å²) in [5, 5.41) is 10.3. The van der Waals surface area contributed by atoms with Crippen LogP contribution >= 0.6 is 11.8 Å². The van der Waals surface area contributed by atoms with E-state index in [1.54, 1.807) is 11.8 Å². The van der Waals surface area contributed by atoms with Gasteiger partial charge in [-0.2, -0.15) is 0 Å². The lowest BCUT2D eigenvalue weighted by molar-refractivity contribution is 0.0693. The number of aromatic nitrogens is 1. The third kappa shape index (κ3) is 3.74. The third-order valence-corrected chi connectivity index (χ3v) is 4.62. The van der Waals surface area contributed by atoms with Crippen molar-refractivity contribution in [3.63, 3.8) is 0 Å². The fraction of sp³-hybridized carbons (Fsp3) is 0.375. The van der Waals surface area contributed by atoms with Gasteiger partial charge in [0.1, 0.15) is 0 Å². The summed E-state index contributed by atoms with van der Waals surface area (Å²) in [5.41, 5.74) is 1.13. The molecule has 0 fully saturated rings. The van der Waals surface area contributed by atoms with Gasteiger partial charge in [-0.3, -0.25) is 4.98 Å². The van der Waals surface area contributed by atoms with Crippen LogP contribution in [0.2, 0.25) is 0 Å². The number of pyridine rings is 1. The van der Waals surface area contributed by atoms with Crippen LogP contribution in [0.15, 0.2) is 35.4 Å². The van der Waals surface area contributed by atoms with Crippen LogP contribution in [0.1, 0.15) is 24.2 Å². The van der Waals surface area contributed by atoms with Crippen LogP contribution < -0.4 is 0 Å². The molecule has 1 heterocycles. The summed E-state index contributed by atoms with van der Waals surface area (Å²) in [6.07, 6.45) is 1.46. The monoisotopic (exact) mass is 304 g/mol. The van der Waals surface area contributed by atoms with Gasteiger partial charge in [0, 0.05) is 28.8 Å². The average Bonchev–Trinajstić information content (AvgIpc) is 2.51. The summed E-state index contributed by atoms with van der Waals surface area (Å²) in [7, 11) is 0. The van der Waals surface area contributed by atoms with Gasteiger partial charge < -0.3 is 10.0 Å². The van der Waals surface area contributed by atoms with Crippen molar-refractivity contribution in [1.29, 1.82) is 0 Å². The zero-order valence-electron chi connectivity index (χ0n) is 12.4. The molecule has 1 aromatic heterocycles. The Morgan fingerprint density at radius 3 is 2.67 bits per heavy atom. The minimum atomic E-state index is -0.918. The van der Waals surface area contributed by atoms with Crippen LogP contribution in [-0.2, 0) is 0 Å². The van der Waals surface area contributed by atoms with Crippen molar-refractivity contribution in [2.24, 2.45) is 0 Å². The fourth-order valence-electron chi connectivity index (χ4n) is 2.24. The molecule has 1 N–H and O–H groups in total. The lowest BCUT2D eigenvalue weighted by Gasteiger charge is -2.18. The molecule has 0 aliphatic heterocycles. The van der Waals surface area contributed by atoms with E-state index in [4.69, 9.17) is 0 Å². The number of hydrogen-bond acceptors (Lipinski definition) is 4. The highest BCUT2D eigenvalue weighted by Crippen LogP contribution is 2.30. The number of benzene rings is 1. The Morgan fingerprint density at radius 2 is 2.00 bits per heavy atom. The van der Waals surface area contributed by atoms with E-state index in [0.717, 1.165) is 41.2 Å². The molecule has 0 saturated heterocycles. The Balaban J connectivity index is 2.27. The van der Waals surface area contributed by atoms with Gasteiger partial charge >= 0.3 is 5.97 Å². The van der Waals surface area contributed by atoms with E-state index in [-0.39, 0.29) is 0 Å². The van der Waals surface area contributed by atoms with Crippen LogP contribution in [0, 0.1) is 0 Å². The summed E-state index contributed by atoms with van der Waals surface area (Å²) in [4.78, 5) is 18.8. The van der Waals surface area contributed by atoms with E-state index in [1.807, 2.05) is 24.3 Å². The van der Waals surface area contributed by atoms with Crippen molar-refractivity contribution < 1.29 is 9.90 Å². The summed E-state index contributed by atoms with van der Waals surface area (Å²) in [6.45, 7) is 7.25. The number of para-hydroxylation sites is 1. The molecule has 112 valence electrons. The molecule has 0 saturated carbocycles. The number of carbonyl (C=O) groups is 1. The zero-order valence-corrected chi connectivity index (χ0v) is 13.2. The second-order valence-electron chi connectivity index (χ2n) is 4.70. The summed E-state index contributed by atoms with van der Waals surface area (Å²) >= 11 is 1.60. The first-order chi connectivity index (χ1) is 10.2. The highest BCUT2D eigenvalue weighted by atomic mass is 32.2. The molecule has 0 aliphatic carbocycles. The number of carboxylic acid groups (broad SMARTS) is 1. The van der Waals surface area contributed by atoms with Crippen molar-refractivity contribution in [3.05, 3.63) is 36.0 Å². The van der Waals surface area contributed by atoms with Gasteiger partial charge in [0.15, 0.2) is 0 Å². The van der Waals surface area contributed by atoms with Gasteiger partial charge in [-0.25, -0.2) is 4.79 Å². The number of nitrogens with zero attached hydrogens (tertiary/aromatic N) is 2. The average molecular weight is 304 g/mol. The second-order valence-corrected chi connectivity index (χ2v) is 5.80. The highest BCUT2D eigenvalue weighted by molar-refractivity contribution is 7.99. The minimum Gasteiger partial charge on any atom is -0.478 e. The van der Waals surface area contributed by atoms with Crippen molar-refractivity contribution >= 4 is 28.6 Å². The number of hydrogen-bond donors (Lipinski definition) is 1. The Morgan fingerprint density at radius 1 is 1.29 bits per heavy atom. The molecular formula is C16H20N2O2S. The molecule has 0 aliphatic rings. The van der Waals surface area contributed by atoms with Crippen LogP contribution in [-0.4, -0.2) is 46.3 Å². The van der Waals surface area contributed by atoms with Crippen LogP contribution in [0.3, 0.4) is 0 Å². The van der Waals surface area contributed by atoms with Crippen molar-refractivity contribution in [2.75, 3.05) is 25.4 Å². The van der Waals surface area contributed by atoms with Crippen LogP contribution in [0.5, 0.6) is 0 Å². The fourth-order valence-corrected chi connectivity index (χ4v) is 3.42. The number of carboxylic acids is 1. The predicted molar refractivity (Wildman–Crippen MR) is 87.2 cm³/mol. The molecule has 0 bridgehead atoms. The number of thioether (sulfide) groups is 1. The minimum absolute atomic E-state index is 0.290. The van der Waals surface area contributed by atoms with E-state index < -0.39 is 5.97 Å². The molecule has 0 amide bonds. The van der Waals surface area contributed by atoms with Crippen molar-refractivity contribution in [2.45, 2.75) is 18.7 Å². The lowest BCUT2D eigenvalue weighted by atomic mass is 10.1. The Labute approximate surface area is 129 Å². The summed E-state index contributed by atoms with van der Waals surface area (Å²) < 4.78 is 0. The maximum atomic E-state index is 11.4. The maximum absolute atomic E-state index is 11.4. The Hall–Kier alpha value is -1.59. The predicted octanol–water partition coefficient (Wildman–Crippen LogP) is 3.37. The first-order valence-electron chi connectivity index (χ1n) is 7.13. The second kappa shape index (κ2) is 7.43. The molecule has 1 aromatic carbocycles. The summed E-state index contributed by atoms with van der Waals surface area (Å²) in [5.74, 6) is -0.0470. The van der Waals surface area contributed by atoms with Gasteiger partial charge in [-0.1, -0.05) is 32.0 Å². The molecule has 0 spiro atoms. The third-order valence-electron chi connectivity index (χ3n) is 3.50. The SMILES string of the molecule is CCN(CC)CCSc1c(C(=O)O)cnc2ccccc12. The van der Waals surface area contributed by atoms with Crippen LogP contribution in [0.4, 0.5) is 0 Å². The van der Waals surface area contributed by atoms with Gasteiger partial charge in [0.25, 0.3) is 0 Å². The summed E-state index contributed by atoms with van der Waals surface area (Å²) in [6, 6.07) is 7.69. The largest absolute Gasteiger partial charge is 0.478 e. The highest BCUT2D eigenvalue weighted by Gasteiger charge is 2.15. The Bertz CT molecular complexity index is 627. The zero-order chi connectivity index (χ0) is 15.2. The quantitative estimate of drug-likeness (QED) is 0.795. The van der Waals surface area contributed by atoms with E-state index >= 15 is 0 Å². The number of rotatable bonds is 7. The molecule has 0 unspecified atom stereocenters. The molecule has 2 aromatic rings. The molecule has 4 nitrogen and oxygen atoms in total. The van der Waals surface area contributed by atoms with Crippen LogP contribution in [0.25, 0.3) is 10.9 Å². The maximum Gasteiger partial charge on any atom is 0.338 e. The van der Waals surface area contributed by atoms with Gasteiger partial charge in [-0.05, 0) is 19.2 Å². The molecule has 0 atom stereocenters. The molecule has 0 radical (unpaired) electrons. The van der Waals surface area contributed by atoms with E-state index in [2.05, 4.69) is 23.7 Å². The van der Waals surface area contributed by atoms with Crippen molar-refractivity contribution in [1.82, 2.24) is 9.88 Å². The van der Waals surface area contributed by atoms with Gasteiger partial charge in [0.05, 0.1) is 11.1 Å².